The molecule has 4 rings (SSSR count). The summed E-state index contributed by atoms with van der Waals surface area (Å²) < 4.78 is 0. The van der Waals surface area contributed by atoms with Gasteiger partial charge in [-0.1, -0.05) is 24.3 Å². The van der Waals surface area contributed by atoms with Gasteiger partial charge in [-0.2, -0.15) is 5.10 Å². The molecule has 0 radical (unpaired) electrons. The number of carbonyl (C=O) groups excluding carboxylic acids is 1. The highest BCUT2D eigenvalue weighted by atomic mass is 16.2. The Morgan fingerprint density at radius 1 is 1.17 bits per heavy atom. The van der Waals surface area contributed by atoms with Crippen LogP contribution in [0.5, 0.6) is 0 Å². The van der Waals surface area contributed by atoms with Crippen molar-refractivity contribution in [3.63, 3.8) is 0 Å². The highest BCUT2D eigenvalue weighted by Gasteiger charge is 2.32. The quantitative estimate of drug-likeness (QED) is 0.791. The molecule has 1 aliphatic rings. The van der Waals surface area contributed by atoms with Crippen molar-refractivity contribution in [2.45, 2.75) is 19.4 Å². The Morgan fingerprint density at radius 3 is 2.83 bits per heavy atom. The molecule has 0 bridgehead atoms. The van der Waals surface area contributed by atoms with Gasteiger partial charge in [0, 0.05) is 17.9 Å². The lowest BCUT2D eigenvalue weighted by atomic mass is 10.1. The number of para-hydroxylation sites is 1. The van der Waals surface area contributed by atoms with Crippen molar-refractivity contribution in [2.75, 3.05) is 4.90 Å². The second-order valence-electron chi connectivity index (χ2n) is 5.74. The van der Waals surface area contributed by atoms with E-state index in [0.717, 1.165) is 17.8 Å². The van der Waals surface area contributed by atoms with Gasteiger partial charge in [0.1, 0.15) is 11.4 Å². The molecule has 1 N–H and O–H groups in total. The fourth-order valence-electron chi connectivity index (χ4n) is 3.08. The van der Waals surface area contributed by atoms with Crippen LogP contribution in [0.25, 0.3) is 11.4 Å². The maximum absolute atomic E-state index is 12.9. The summed E-state index contributed by atoms with van der Waals surface area (Å²) in [5.41, 5.74) is 4.10. The van der Waals surface area contributed by atoms with Gasteiger partial charge in [-0.3, -0.25) is 14.9 Å². The van der Waals surface area contributed by atoms with Crippen LogP contribution in [0, 0.1) is 0 Å². The molecule has 0 spiro atoms. The molecule has 1 amide bonds. The third-order valence-corrected chi connectivity index (χ3v) is 4.16. The molecule has 1 unspecified atom stereocenters. The fraction of sp³-hybridized carbons (Fsp3) is 0.167. The van der Waals surface area contributed by atoms with Gasteiger partial charge >= 0.3 is 0 Å². The summed E-state index contributed by atoms with van der Waals surface area (Å²) in [6, 6.07) is 15.6. The third kappa shape index (κ3) is 2.30. The lowest BCUT2D eigenvalue weighted by molar-refractivity contribution is 0.0976. The van der Waals surface area contributed by atoms with E-state index in [-0.39, 0.29) is 11.9 Å². The Bertz CT molecular complexity index is 856. The smallest absolute Gasteiger partial charge is 0.276 e. The van der Waals surface area contributed by atoms with Gasteiger partial charge in [0.2, 0.25) is 0 Å². The first-order chi connectivity index (χ1) is 11.2. The average molecular weight is 304 g/mol. The number of carbonyl (C=O) groups is 1. The van der Waals surface area contributed by atoms with Gasteiger partial charge in [-0.15, -0.1) is 0 Å². The molecule has 1 aromatic carbocycles. The maximum atomic E-state index is 12.9. The van der Waals surface area contributed by atoms with E-state index < -0.39 is 0 Å². The summed E-state index contributed by atoms with van der Waals surface area (Å²) in [5, 5.41) is 7.08. The minimum atomic E-state index is -0.0582. The van der Waals surface area contributed by atoms with Crippen LogP contribution in [0.15, 0.2) is 54.7 Å². The molecular weight excluding hydrogens is 288 g/mol. The summed E-state index contributed by atoms with van der Waals surface area (Å²) in [5.74, 6) is -0.0582. The monoisotopic (exact) mass is 304 g/mol. The van der Waals surface area contributed by atoms with Crippen molar-refractivity contribution < 1.29 is 4.79 Å². The Balaban J connectivity index is 1.67. The Labute approximate surface area is 134 Å². The number of nitrogens with one attached hydrogen (secondary N) is 1. The number of aromatic nitrogens is 3. The van der Waals surface area contributed by atoms with Crippen LogP contribution in [0.1, 0.15) is 23.0 Å². The molecule has 5 heteroatoms. The van der Waals surface area contributed by atoms with Crippen LogP contribution < -0.4 is 4.90 Å². The van der Waals surface area contributed by atoms with E-state index in [1.807, 2.05) is 41.3 Å². The zero-order valence-electron chi connectivity index (χ0n) is 12.7. The molecule has 0 fully saturated rings. The van der Waals surface area contributed by atoms with Gasteiger partial charge in [0.25, 0.3) is 5.91 Å². The molecule has 2 aromatic heterocycles. The molecule has 1 aliphatic heterocycles. The zero-order valence-corrected chi connectivity index (χ0v) is 12.7. The number of fused-ring (bicyclic) bond motifs is 1. The van der Waals surface area contributed by atoms with Gasteiger partial charge in [0.05, 0.1) is 5.69 Å². The predicted octanol–water partition coefficient (Wildman–Crippen LogP) is 3.06. The second kappa shape index (κ2) is 5.35. The molecule has 1 atom stereocenters. The van der Waals surface area contributed by atoms with Crippen molar-refractivity contribution in [1.29, 1.82) is 0 Å². The van der Waals surface area contributed by atoms with Gasteiger partial charge in [-0.25, -0.2) is 0 Å². The number of nitrogens with zero attached hydrogens (tertiary/aromatic N) is 3. The summed E-state index contributed by atoms with van der Waals surface area (Å²) in [4.78, 5) is 19.0. The number of rotatable bonds is 2. The highest BCUT2D eigenvalue weighted by molar-refractivity contribution is 6.07. The number of pyridine rings is 1. The van der Waals surface area contributed by atoms with E-state index in [2.05, 4.69) is 28.2 Å². The van der Waals surface area contributed by atoms with Gasteiger partial charge in [0.15, 0.2) is 0 Å². The first-order valence-electron chi connectivity index (χ1n) is 7.62. The van der Waals surface area contributed by atoms with E-state index >= 15 is 0 Å². The topological polar surface area (TPSA) is 61.9 Å². The van der Waals surface area contributed by atoms with Crippen LogP contribution in [0.3, 0.4) is 0 Å². The second-order valence-corrected chi connectivity index (χ2v) is 5.74. The van der Waals surface area contributed by atoms with Crippen molar-refractivity contribution >= 4 is 11.6 Å². The number of amides is 1. The number of hydrogen-bond donors (Lipinski definition) is 1. The molecule has 114 valence electrons. The van der Waals surface area contributed by atoms with Gasteiger partial charge < -0.3 is 4.90 Å². The first kappa shape index (κ1) is 13.7. The lowest BCUT2D eigenvalue weighted by Gasteiger charge is -2.21. The Morgan fingerprint density at radius 2 is 2.00 bits per heavy atom. The zero-order chi connectivity index (χ0) is 15.8. The van der Waals surface area contributed by atoms with Crippen LogP contribution in [0.4, 0.5) is 5.69 Å². The molecule has 0 saturated heterocycles. The Kier molecular flexibility index (Phi) is 3.19. The van der Waals surface area contributed by atoms with E-state index in [0.29, 0.717) is 11.4 Å². The summed E-state index contributed by atoms with van der Waals surface area (Å²) >= 11 is 0. The maximum Gasteiger partial charge on any atom is 0.276 e. The van der Waals surface area contributed by atoms with Crippen LogP contribution in [0.2, 0.25) is 0 Å². The third-order valence-electron chi connectivity index (χ3n) is 4.16. The van der Waals surface area contributed by atoms with Crippen molar-refractivity contribution in [3.05, 3.63) is 66.0 Å². The Hall–Kier alpha value is -2.95. The summed E-state index contributed by atoms with van der Waals surface area (Å²) in [6.07, 6.45) is 2.59. The standard InChI is InChI=1S/C18H16N4O/c1-12-10-13-6-2-3-8-17(13)22(12)18(23)16-11-15(20-21-16)14-7-4-5-9-19-14/h2-9,11-12H,10H2,1H3,(H,20,21). The van der Waals surface area contributed by atoms with Crippen LogP contribution >= 0.6 is 0 Å². The molecule has 5 nitrogen and oxygen atoms in total. The van der Waals surface area contributed by atoms with Crippen molar-refractivity contribution in [3.8, 4) is 11.4 Å². The minimum absolute atomic E-state index is 0.0582. The van der Waals surface area contributed by atoms with Crippen LogP contribution in [-0.4, -0.2) is 27.1 Å². The molecular formula is C18H16N4O. The summed E-state index contributed by atoms with van der Waals surface area (Å²) in [7, 11) is 0. The fourth-order valence-corrected chi connectivity index (χ4v) is 3.08. The number of H-pyrrole nitrogens is 1. The molecule has 23 heavy (non-hydrogen) atoms. The molecule has 0 aliphatic carbocycles. The number of anilines is 1. The van der Waals surface area contributed by atoms with E-state index in [1.54, 1.807) is 12.3 Å². The van der Waals surface area contributed by atoms with Crippen molar-refractivity contribution in [2.24, 2.45) is 0 Å². The number of aromatic amines is 1. The normalized spacial score (nSPS) is 16.4. The molecule has 3 heterocycles. The lowest BCUT2D eigenvalue weighted by Crippen LogP contribution is -2.35. The molecule has 0 saturated carbocycles. The first-order valence-corrected chi connectivity index (χ1v) is 7.62. The average Bonchev–Trinajstić information content (AvgIpc) is 3.19. The minimum Gasteiger partial charge on any atom is -0.304 e. The number of hydrogen-bond acceptors (Lipinski definition) is 3. The van der Waals surface area contributed by atoms with Crippen molar-refractivity contribution in [1.82, 2.24) is 15.2 Å². The predicted molar refractivity (Wildman–Crippen MR) is 88.2 cm³/mol. The largest absolute Gasteiger partial charge is 0.304 e. The summed E-state index contributed by atoms with van der Waals surface area (Å²) in [6.45, 7) is 2.06. The van der Waals surface area contributed by atoms with Crippen LogP contribution in [-0.2, 0) is 6.42 Å². The van der Waals surface area contributed by atoms with E-state index in [9.17, 15) is 4.79 Å². The highest BCUT2D eigenvalue weighted by Crippen LogP contribution is 2.33. The molecule has 3 aromatic rings. The SMILES string of the molecule is CC1Cc2ccccc2N1C(=O)c1cc(-c2ccccn2)n[nH]1. The van der Waals surface area contributed by atoms with Gasteiger partial charge in [-0.05, 0) is 43.2 Å². The van der Waals surface area contributed by atoms with E-state index in [4.69, 9.17) is 0 Å². The van der Waals surface area contributed by atoms with E-state index in [1.165, 1.54) is 5.56 Å². The number of benzene rings is 1.